The summed E-state index contributed by atoms with van der Waals surface area (Å²) in [6, 6.07) is 7.42. The van der Waals surface area contributed by atoms with Crippen molar-refractivity contribution in [3.8, 4) is 5.75 Å². The van der Waals surface area contributed by atoms with Crippen LogP contribution in [0.3, 0.4) is 0 Å². The minimum absolute atomic E-state index is 0.0166. The van der Waals surface area contributed by atoms with Crippen molar-refractivity contribution in [1.82, 2.24) is 4.90 Å². The highest BCUT2D eigenvalue weighted by atomic mass is 32.2. The molecule has 0 unspecified atom stereocenters. The standard InChI is InChI=1S/C17H24N2O2S2/c1-13-7-10-19(11-8-13)17(22)23-12-9-16(20)18-14-5-3-4-6-15(14)21-2/h3-6,13H,7-12H2,1-2H3,(H,18,20). The van der Waals surface area contributed by atoms with Gasteiger partial charge in [-0.1, -0.05) is 43.0 Å². The molecule has 0 bridgehead atoms. The van der Waals surface area contributed by atoms with E-state index < -0.39 is 0 Å². The summed E-state index contributed by atoms with van der Waals surface area (Å²) in [5, 5.41) is 2.89. The van der Waals surface area contributed by atoms with Crippen LogP contribution >= 0.6 is 24.0 Å². The molecule has 2 rings (SSSR count). The number of nitrogens with one attached hydrogen (secondary N) is 1. The molecular weight excluding hydrogens is 328 g/mol. The highest BCUT2D eigenvalue weighted by Gasteiger charge is 2.18. The Balaban J connectivity index is 1.71. The number of ether oxygens (including phenoxy) is 1. The zero-order valence-corrected chi connectivity index (χ0v) is 15.3. The first-order chi connectivity index (χ1) is 11.1. The number of thioether (sulfide) groups is 1. The lowest BCUT2D eigenvalue weighted by Gasteiger charge is -2.31. The fourth-order valence-corrected chi connectivity index (χ4v) is 3.73. The molecule has 0 aromatic heterocycles. The maximum atomic E-state index is 12.0. The fraction of sp³-hybridized carbons (Fsp3) is 0.529. The van der Waals surface area contributed by atoms with Crippen molar-refractivity contribution in [2.24, 2.45) is 5.92 Å². The van der Waals surface area contributed by atoms with Crippen molar-refractivity contribution < 1.29 is 9.53 Å². The second-order valence-electron chi connectivity index (χ2n) is 5.78. The van der Waals surface area contributed by atoms with Gasteiger partial charge in [-0.05, 0) is 30.9 Å². The zero-order valence-electron chi connectivity index (χ0n) is 13.7. The van der Waals surface area contributed by atoms with E-state index in [4.69, 9.17) is 17.0 Å². The van der Waals surface area contributed by atoms with Gasteiger partial charge in [0.25, 0.3) is 0 Å². The third-order valence-corrected chi connectivity index (χ3v) is 5.50. The van der Waals surface area contributed by atoms with Crippen molar-refractivity contribution >= 4 is 39.9 Å². The Labute approximate surface area is 148 Å². The van der Waals surface area contributed by atoms with Crippen LogP contribution in [0.25, 0.3) is 0 Å². The number of para-hydroxylation sites is 2. The lowest BCUT2D eigenvalue weighted by atomic mass is 10.00. The normalized spacial score (nSPS) is 15.3. The Morgan fingerprint density at radius 3 is 2.78 bits per heavy atom. The summed E-state index contributed by atoms with van der Waals surface area (Å²) in [6.07, 6.45) is 2.84. The van der Waals surface area contributed by atoms with Gasteiger partial charge < -0.3 is 15.0 Å². The number of carbonyl (C=O) groups excluding carboxylic acids is 1. The molecule has 0 radical (unpaired) electrons. The zero-order chi connectivity index (χ0) is 16.7. The molecule has 1 heterocycles. The average molecular weight is 353 g/mol. The lowest BCUT2D eigenvalue weighted by molar-refractivity contribution is -0.115. The summed E-state index contributed by atoms with van der Waals surface area (Å²) in [5.74, 6) is 2.15. The van der Waals surface area contributed by atoms with Crippen LogP contribution in [0.4, 0.5) is 5.69 Å². The second-order valence-corrected chi connectivity index (χ2v) is 7.51. The monoisotopic (exact) mass is 352 g/mol. The van der Waals surface area contributed by atoms with E-state index in [1.165, 1.54) is 12.8 Å². The number of rotatable bonds is 5. The predicted octanol–water partition coefficient (Wildman–Crippen LogP) is 3.77. The SMILES string of the molecule is COc1ccccc1NC(=O)CCSC(=S)N1CCC(C)CC1. The van der Waals surface area contributed by atoms with E-state index in [1.807, 2.05) is 24.3 Å². The van der Waals surface area contributed by atoms with Crippen LogP contribution < -0.4 is 10.1 Å². The summed E-state index contributed by atoms with van der Waals surface area (Å²) < 4.78 is 6.15. The van der Waals surface area contributed by atoms with Gasteiger partial charge in [-0.2, -0.15) is 0 Å². The molecule has 0 atom stereocenters. The van der Waals surface area contributed by atoms with Gasteiger partial charge in [0.2, 0.25) is 5.91 Å². The Hall–Kier alpha value is -1.27. The van der Waals surface area contributed by atoms with Gasteiger partial charge in [-0.15, -0.1) is 0 Å². The number of hydrogen-bond donors (Lipinski definition) is 1. The highest BCUT2D eigenvalue weighted by molar-refractivity contribution is 8.22. The van der Waals surface area contributed by atoms with Crippen LogP contribution in [-0.4, -0.2) is 41.1 Å². The Morgan fingerprint density at radius 1 is 1.39 bits per heavy atom. The van der Waals surface area contributed by atoms with Gasteiger partial charge >= 0.3 is 0 Å². The molecule has 126 valence electrons. The number of thiocarbonyl (C=S) groups is 1. The highest BCUT2D eigenvalue weighted by Crippen LogP contribution is 2.24. The largest absolute Gasteiger partial charge is 0.495 e. The minimum Gasteiger partial charge on any atom is -0.495 e. The van der Waals surface area contributed by atoms with Crippen molar-refractivity contribution in [2.75, 3.05) is 31.3 Å². The van der Waals surface area contributed by atoms with Crippen LogP contribution in [0.1, 0.15) is 26.2 Å². The van der Waals surface area contributed by atoms with Crippen molar-refractivity contribution in [3.63, 3.8) is 0 Å². The number of hydrogen-bond acceptors (Lipinski definition) is 4. The van der Waals surface area contributed by atoms with Gasteiger partial charge in [0.05, 0.1) is 12.8 Å². The molecular formula is C17H24N2O2S2. The van der Waals surface area contributed by atoms with E-state index in [0.717, 1.165) is 23.3 Å². The maximum absolute atomic E-state index is 12.0. The molecule has 0 saturated carbocycles. The third kappa shape index (κ3) is 5.70. The molecule has 1 amide bonds. The van der Waals surface area contributed by atoms with E-state index in [9.17, 15) is 4.79 Å². The predicted molar refractivity (Wildman–Crippen MR) is 101 cm³/mol. The number of anilines is 1. The van der Waals surface area contributed by atoms with Gasteiger partial charge in [-0.3, -0.25) is 4.79 Å². The van der Waals surface area contributed by atoms with Gasteiger partial charge in [0.15, 0.2) is 0 Å². The first kappa shape index (κ1) is 18.1. The summed E-state index contributed by atoms with van der Waals surface area (Å²) in [4.78, 5) is 14.3. The topological polar surface area (TPSA) is 41.6 Å². The van der Waals surface area contributed by atoms with Crippen LogP contribution in [0, 0.1) is 5.92 Å². The number of nitrogens with zero attached hydrogens (tertiary/aromatic N) is 1. The first-order valence-corrected chi connectivity index (χ1v) is 9.34. The minimum atomic E-state index is -0.0166. The van der Waals surface area contributed by atoms with E-state index in [0.29, 0.717) is 23.6 Å². The molecule has 4 nitrogen and oxygen atoms in total. The molecule has 1 aromatic rings. The van der Waals surface area contributed by atoms with Gasteiger partial charge in [0.1, 0.15) is 10.1 Å². The Morgan fingerprint density at radius 2 is 2.09 bits per heavy atom. The Bertz CT molecular complexity index is 543. The third-order valence-electron chi connectivity index (χ3n) is 3.98. The molecule has 1 aliphatic heterocycles. The van der Waals surface area contributed by atoms with Gasteiger partial charge in [0, 0.05) is 25.3 Å². The van der Waals surface area contributed by atoms with E-state index >= 15 is 0 Å². The van der Waals surface area contributed by atoms with Crippen molar-refractivity contribution in [1.29, 1.82) is 0 Å². The molecule has 0 spiro atoms. The first-order valence-electron chi connectivity index (χ1n) is 7.94. The Kier molecular flexibility index (Phi) is 7.17. The number of likely N-dealkylation sites (tertiary alicyclic amines) is 1. The summed E-state index contributed by atoms with van der Waals surface area (Å²) >= 11 is 7.07. The van der Waals surface area contributed by atoms with Crippen LogP contribution in [0.5, 0.6) is 5.75 Å². The van der Waals surface area contributed by atoms with E-state index in [1.54, 1.807) is 18.9 Å². The van der Waals surface area contributed by atoms with Gasteiger partial charge in [-0.25, -0.2) is 0 Å². The van der Waals surface area contributed by atoms with Crippen LogP contribution in [0.15, 0.2) is 24.3 Å². The molecule has 6 heteroatoms. The molecule has 1 saturated heterocycles. The number of piperidine rings is 1. The molecule has 1 N–H and O–H groups in total. The van der Waals surface area contributed by atoms with E-state index in [2.05, 4.69) is 17.1 Å². The molecule has 1 aliphatic rings. The van der Waals surface area contributed by atoms with Crippen LogP contribution in [0.2, 0.25) is 0 Å². The molecule has 23 heavy (non-hydrogen) atoms. The summed E-state index contributed by atoms with van der Waals surface area (Å²) in [5.41, 5.74) is 0.706. The number of benzene rings is 1. The molecule has 1 aromatic carbocycles. The average Bonchev–Trinajstić information content (AvgIpc) is 2.56. The van der Waals surface area contributed by atoms with Crippen molar-refractivity contribution in [2.45, 2.75) is 26.2 Å². The number of amides is 1. The summed E-state index contributed by atoms with van der Waals surface area (Å²) in [6.45, 7) is 4.37. The lowest BCUT2D eigenvalue weighted by Crippen LogP contribution is -2.35. The fourth-order valence-electron chi connectivity index (χ4n) is 2.47. The molecule has 0 aliphatic carbocycles. The maximum Gasteiger partial charge on any atom is 0.225 e. The smallest absolute Gasteiger partial charge is 0.225 e. The number of methoxy groups -OCH3 is 1. The summed E-state index contributed by atoms with van der Waals surface area (Å²) in [7, 11) is 1.60. The van der Waals surface area contributed by atoms with Crippen LogP contribution in [-0.2, 0) is 4.79 Å². The quantitative estimate of drug-likeness (QED) is 0.817. The molecule has 1 fully saturated rings. The number of carbonyl (C=O) groups is 1. The van der Waals surface area contributed by atoms with E-state index in [-0.39, 0.29) is 5.91 Å². The second kappa shape index (κ2) is 9.13. The van der Waals surface area contributed by atoms with Crippen molar-refractivity contribution in [3.05, 3.63) is 24.3 Å².